The zero-order valence-corrected chi connectivity index (χ0v) is 13.5. The fraction of sp³-hybridized carbons (Fsp3) is 0.125. The minimum absolute atomic E-state index is 0.230. The van der Waals surface area contributed by atoms with Crippen LogP contribution < -0.4 is 10.3 Å². The van der Waals surface area contributed by atoms with E-state index in [1.54, 1.807) is 18.3 Å². The maximum atomic E-state index is 11.9. The summed E-state index contributed by atoms with van der Waals surface area (Å²) in [6, 6.07) is 15.0. The van der Waals surface area contributed by atoms with E-state index in [9.17, 15) is 4.79 Å². The van der Waals surface area contributed by atoms with Gasteiger partial charge in [0.1, 0.15) is 0 Å². The lowest BCUT2D eigenvalue weighted by atomic mass is 10.2. The molecular weight excluding hydrogens is 330 g/mol. The number of amides is 1. The van der Waals surface area contributed by atoms with Crippen LogP contribution in [0.5, 0.6) is 0 Å². The first kappa shape index (κ1) is 15.3. The smallest absolute Gasteiger partial charge is 0.271 e. The van der Waals surface area contributed by atoms with Crippen molar-refractivity contribution in [3.05, 3.63) is 64.1 Å². The molecule has 0 bridgehead atoms. The van der Waals surface area contributed by atoms with Gasteiger partial charge >= 0.3 is 0 Å². The predicted molar refractivity (Wildman–Crippen MR) is 90.0 cm³/mol. The van der Waals surface area contributed by atoms with Crippen LogP contribution in [0.1, 0.15) is 15.9 Å². The molecule has 0 fully saturated rings. The Hall–Kier alpha value is -2.14. The van der Waals surface area contributed by atoms with Crippen LogP contribution in [0.15, 0.2) is 58.1 Å². The molecule has 5 heteroatoms. The Morgan fingerprint density at radius 3 is 2.52 bits per heavy atom. The molecule has 21 heavy (non-hydrogen) atoms. The van der Waals surface area contributed by atoms with Crippen molar-refractivity contribution in [1.29, 1.82) is 0 Å². The maximum Gasteiger partial charge on any atom is 0.271 e. The Kier molecular flexibility index (Phi) is 5.11. The molecule has 108 valence electrons. The summed E-state index contributed by atoms with van der Waals surface area (Å²) in [4.78, 5) is 13.9. The summed E-state index contributed by atoms with van der Waals surface area (Å²) in [7, 11) is 3.91. The molecule has 0 atom stereocenters. The third-order valence-corrected chi connectivity index (χ3v) is 3.37. The Bertz CT molecular complexity index is 651. The zero-order chi connectivity index (χ0) is 15.2. The summed E-state index contributed by atoms with van der Waals surface area (Å²) >= 11 is 3.39. The first-order valence-electron chi connectivity index (χ1n) is 6.42. The van der Waals surface area contributed by atoms with Crippen LogP contribution >= 0.6 is 15.9 Å². The molecule has 0 saturated carbocycles. The first-order chi connectivity index (χ1) is 10.1. The van der Waals surface area contributed by atoms with Crippen LogP contribution in [0, 0.1) is 0 Å². The summed E-state index contributed by atoms with van der Waals surface area (Å²) in [6.07, 6.45) is 1.61. The Balaban J connectivity index is 1.98. The molecule has 0 unspecified atom stereocenters. The molecule has 1 N–H and O–H groups in total. The van der Waals surface area contributed by atoms with Gasteiger partial charge in [-0.05, 0) is 42.0 Å². The van der Waals surface area contributed by atoms with Crippen LogP contribution in [0.4, 0.5) is 5.69 Å². The Morgan fingerprint density at radius 2 is 1.90 bits per heavy atom. The summed E-state index contributed by atoms with van der Waals surface area (Å²) in [5.74, 6) is -0.230. The summed E-state index contributed by atoms with van der Waals surface area (Å²) < 4.78 is 0.969. The topological polar surface area (TPSA) is 44.7 Å². The molecule has 1 amide bonds. The highest BCUT2D eigenvalue weighted by Crippen LogP contribution is 2.12. The number of carbonyl (C=O) groups excluding carboxylic acids is 1. The number of halogens is 1. The molecule has 4 nitrogen and oxygen atoms in total. The average molecular weight is 346 g/mol. The maximum absolute atomic E-state index is 11.9. The summed E-state index contributed by atoms with van der Waals surface area (Å²) in [6.45, 7) is 0. The largest absolute Gasteiger partial charge is 0.378 e. The van der Waals surface area contributed by atoms with Gasteiger partial charge in [0, 0.05) is 29.8 Å². The van der Waals surface area contributed by atoms with E-state index in [0.29, 0.717) is 5.56 Å². The fourth-order valence-electron chi connectivity index (χ4n) is 1.73. The van der Waals surface area contributed by atoms with Crippen molar-refractivity contribution in [2.24, 2.45) is 5.10 Å². The minimum Gasteiger partial charge on any atom is -0.378 e. The SMILES string of the molecule is CN(C)c1ccc(C(=O)NN=Cc2cccc(Br)c2)cc1. The molecule has 0 aromatic heterocycles. The third-order valence-electron chi connectivity index (χ3n) is 2.87. The van der Waals surface area contributed by atoms with E-state index >= 15 is 0 Å². The predicted octanol–water partition coefficient (Wildman–Crippen LogP) is 3.28. The van der Waals surface area contributed by atoms with E-state index in [0.717, 1.165) is 15.7 Å². The first-order valence-corrected chi connectivity index (χ1v) is 7.22. The van der Waals surface area contributed by atoms with Gasteiger partial charge < -0.3 is 4.90 Å². The number of carbonyl (C=O) groups is 1. The van der Waals surface area contributed by atoms with Crippen molar-refractivity contribution < 1.29 is 4.79 Å². The van der Waals surface area contributed by atoms with Crippen molar-refractivity contribution in [2.45, 2.75) is 0 Å². The van der Waals surface area contributed by atoms with Crippen LogP contribution in [-0.2, 0) is 0 Å². The van der Waals surface area contributed by atoms with Crippen LogP contribution in [0.25, 0.3) is 0 Å². The lowest BCUT2D eigenvalue weighted by Gasteiger charge is -2.12. The molecule has 0 aliphatic carbocycles. The quantitative estimate of drug-likeness (QED) is 0.682. The normalized spacial score (nSPS) is 10.6. The molecule has 2 aromatic rings. The molecule has 0 aliphatic heterocycles. The highest BCUT2D eigenvalue weighted by Gasteiger charge is 2.04. The Labute approximate surface area is 132 Å². The monoisotopic (exact) mass is 345 g/mol. The van der Waals surface area contributed by atoms with E-state index in [4.69, 9.17) is 0 Å². The Morgan fingerprint density at radius 1 is 1.19 bits per heavy atom. The highest BCUT2D eigenvalue weighted by atomic mass is 79.9. The second-order valence-electron chi connectivity index (χ2n) is 4.70. The number of benzene rings is 2. The summed E-state index contributed by atoms with van der Waals surface area (Å²) in [5, 5.41) is 3.96. The number of hydrogen-bond acceptors (Lipinski definition) is 3. The number of anilines is 1. The van der Waals surface area contributed by atoms with Gasteiger partial charge in [-0.3, -0.25) is 4.79 Å². The van der Waals surface area contributed by atoms with Crippen LogP contribution in [0.2, 0.25) is 0 Å². The van der Waals surface area contributed by atoms with Gasteiger partial charge in [0.2, 0.25) is 0 Å². The molecule has 0 heterocycles. The third kappa shape index (κ3) is 4.43. The van der Waals surface area contributed by atoms with Crippen LogP contribution in [-0.4, -0.2) is 26.2 Å². The molecule has 2 aromatic carbocycles. The van der Waals surface area contributed by atoms with Gasteiger partial charge in [0.05, 0.1) is 6.21 Å². The summed E-state index contributed by atoms with van der Waals surface area (Å²) in [5.41, 5.74) is 5.05. The highest BCUT2D eigenvalue weighted by molar-refractivity contribution is 9.10. The van der Waals surface area contributed by atoms with Crippen molar-refractivity contribution in [1.82, 2.24) is 5.43 Å². The van der Waals surface area contributed by atoms with Crippen molar-refractivity contribution in [3.8, 4) is 0 Å². The lowest BCUT2D eigenvalue weighted by Crippen LogP contribution is -2.17. The second kappa shape index (κ2) is 7.04. The second-order valence-corrected chi connectivity index (χ2v) is 5.61. The van der Waals surface area contributed by atoms with Gasteiger partial charge in [-0.25, -0.2) is 5.43 Å². The number of hydrogen-bond donors (Lipinski definition) is 1. The van der Waals surface area contributed by atoms with E-state index in [-0.39, 0.29) is 5.91 Å². The van der Waals surface area contributed by atoms with Crippen molar-refractivity contribution in [2.75, 3.05) is 19.0 Å². The number of rotatable bonds is 4. The van der Waals surface area contributed by atoms with Crippen LogP contribution in [0.3, 0.4) is 0 Å². The van der Waals surface area contributed by atoms with Gasteiger partial charge in [0.15, 0.2) is 0 Å². The van der Waals surface area contributed by atoms with E-state index < -0.39 is 0 Å². The van der Waals surface area contributed by atoms with Gasteiger partial charge in [-0.2, -0.15) is 5.10 Å². The number of hydrazone groups is 1. The standard InChI is InChI=1S/C16H16BrN3O/c1-20(2)15-8-6-13(7-9-15)16(21)19-18-11-12-4-3-5-14(17)10-12/h3-11H,1-2H3,(H,19,21). The van der Waals surface area contributed by atoms with Gasteiger partial charge in [0.25, 0.3) is 5.91 Å². The molecule has 0 radical (unpaired) electrons. The molecular formula is C16H16BrN3O. The number of nitrogens with one attached hydrogen (secondary N) is 1. The molecule has 2 rings (SSSR count). The molecule has 0 saturated heterocycles. The zero-order valence-electron chi connectivity index (χ0n) is 11.9. The molecule has 0 spiro atoms. The van der Waals surface area contributed by atoms with Gasteiger partial charge in [-0.1, -0.05) is 28.1 Å². The molecule has 0 aliphatic rings. The van der Waals surface area contributed by atoms with Gasteiger partial charge in [-0.15, -0.1) is 0 Å². The fourth-order valence-corrected chi connectivity index (χ4v) is 2.14. The van der Waals surface area contributed by atoms with E-state index in [1.165, 1.54) is 0 Å². The van der Waals surface area contributed by atoms with E-state index in [1.807, 2.05) is 55.4 Å². The van der Waals surface area contributed by atoms with Crippen molar-refractivity contribution >= 4 is 33.7 Å². The number of nitrogens with zero attached hydrogens (tertiary/aromatic N) is 2. The minimum atomic E-state index is -0.230. The van der Waals surface area contributed by atoms with Crippen molar-refractivity contribution in [3.63, 3.8) is 0 Å². The lowest BCUT2D eigenvalue weighted by molar-refractivity contribution is 0.0955. The average Bonchev–Trinajstić information content (AvgIpc) is 2.47. The van der Waals surface area contributed by atoms with E-state index in [2.05, 4.69) is 26.5 Å².